The minimum atomic E-state index is -0.122. The molecule has 2 aliphatic rings. The first-order valence-electron chi connectivity index (χ1n) is 8.09. The quantitative estimate of drug-likeness (QED) is 0.571. The first-order chi connectivity index (χ1) is 9.00. The lowest BCUT2D eigenvalue weighted by Crippen LogP contribution is -2.37. The highest BCUT2D eigenvalue weighted by molar-refractivity contribution is 5.82. The van der Waals surface area contributed by atoms with Crippen LogP contribution in [0.1, 0.15) is 65.2 Å². The van der Waals surface area contributed by atoms with Crippen LogP contribution in [0.3, 0.4) is 0 Å². The molecule has 0 aromatic heterocycles. The minimum Gasteiger partial charge on any atom is -0.387 e. The topological polar surface area (TPSA) is 53.1 Å². The number of nitrogens with one attached hydrogen (secondary N) is 1. The number of nitrogens with zero attached hydrogens (tertiary/aromatic N) is 1. The van der Waals surface area contributed by atoms with Crippen LogP contribution in [-0.4, -0.2) is 29.9 Å². The molecule has 2 fully saturated rings. The molecule has 1 unspecified atom stereocenters. The third-order valence-electron chi connectivity index (χ3n) is 5.33. The fraction of sp³-hybridized carbons (Fsp3) is 0.938. The summed E-state index contributed by atoms with van der Waals surface area (Å²) in [5.74, 6) is 1.31. The second kappa shape index (κ2) is 6.25. The summed E-state index contributed by atoms with van der Waals surface area (Å²) in [6, 6.07) is 0.864. The Hall–Kier alpha value is -0.570. The highest BCUT2D eigenvalue weighted by Gasteiger charge is 2.33. The zero-order valence-corrected chi connectivity index (χ0v) is 12.8. The van der Waals surface area contributed by atoms with E-state index in [-0.39, 0.29) is 5.41 Å². The van der Waals surface area contributed by atoms with Crippen molar-refractivity contribution in [3.63, 3.8) is 0 Å². The van der Waals surface area contributed by atoms with Gasteiger partial charge >= 0.3 is 0 Å². The van der Waals surface area contributed by atoms with Gasteiger partial charge in [0.2, 0.25) is 0 Å². The summed E-state index contributed by atoms with van der Waals surface area (Å²) >= 11 is 0. The molecule has 0 aromatic carbocycles. The average Bonchev–Trinajstić information content (AvgIpc) is 2.97. The Balaban J connectivity index is 1.77. The molecule has 1 aliphatic carbocycles. The smallest absolute Gasteiger partial charge is 0.0963 e. The van der Waals surface area contributed by atoms with Gasteiger partial charge in [-0.15, -0.1) is 0 Å². The molecule has 0 amide bonds. The maximum absolute atomic E-state index is 7.62. The summed E-state index contributed by atoms with van der Waals surface area (Å²) in [4.78, 5) is 2.73. The van der Waals surface area contributed by atoms with Gasteiger partial charge < -0.3 is 10.6 Å². The molecule has 110 valence electrons. The standard InChI is InChI=1S/C16H31N3/c1-16(2,15(17)18)10-6-12-19-11-5-9-14(19)13-7-3-4-8-13/h13-14H,3-12H2,1-2H3,(H3,17,18). The van der Waals surface area contributed by atoms with Crippen LogP contribution in [0.4, 0.5) is 0 Å². The van der Waals surface area contributed by atoms with Crippen LogP contribution in [0.15, 0.2) is 0 Å². The van der Waals surface area contributed by atoms with E-state index < -0.39 is 0 Å². The Bertz CT molecular complexity index is 305. The molecule has 3 heteroatoms. The van der Waals surface area contributed by atoms with E-state index in [2.05, 4.69) is 18.7 Å². The first-order valence-corrected chi connectivity index (χ1v) is 8.09. The van der Waals surface area contributed by atoms with Gasteiger partial charge in [-0.25, -0.2) is 0 Å². The second-order valence-electron chi connectivity index (χ2n) is 7.19. The monoisotopic (exact) mass is 265 g/mol. The lowest BCUT2D eigenvalue weighted by molar-refractivity contribution is 0.183. The van der Waals surface area contributed by atoms with E-state index in [1.165, 1.54) is 58.0 Å². The van der Waals surface area contributed by atoms with Gasteiger partial charge in [-0.3, -0.25) is 5.41 Å². The molecule has 1 saturated carbocycles. The van der Waals surface area contributed by atoms with Crippen molar-refractivity contribution in [2.45, 2.75) is 71.3 Å². The van der Waals surface area contributed by atoms with Crippen molar-refractivity contribution in [3.05, 3.63) is 0 Å². The van der Waals surface area contributed by atoms with Gasteiger partial charge in [-0.1, -0.05) is 26.7 Å². The Kier molecular flexibility index (Phi) is 4.88. The summed E-state index contributed by atoms with van der Waals surface area (Å²) in [5, 5.41) is 7.62. The van der Waals surface area contributed by atoms with Gasteiger partial charge in [0.05, 0.1) is 5.84 Å². The van der Waals surface area contributed by atoms with Crippen molar-refractivity contribution >= 4 is 5.84 Å². The fourth-order valence-corrected chi connectivity index (χ4v) is 3.86. The van der Waals surface area contributed by atoms with Crippen LogP contribution >= 0.6 is 0 Å². The molecule has 0 aromatic rings. The number of hydrogen-bond donors (Lipinski definition) is 2. The van der Waals surface area contributed by atoms with Crippen LogP contribution in [-0.2, 0) is 0 Å². The molecule has 1 heterocycles. The first kappa shape index (κ1) is 14.8. The highest BCUT2D eigenvalue weighted by Crippen LogP contribution is 2.35. The van der Waals surface area contributed by atoms with Crippen LogP contribution in [0, 0.1) is 16.7 Å². The molecule has 3 nitrogen and oxygen atoms in total. The van der Waals surface area contributed by atoms with Crippen molar-refractivity contribution in [2.24, 2.45) is 17.1 Å². The third-order valence-corrected chi connectivity index (χ3v) is 5.33. The number of hydrogen-bond acceptors (Lipinski definition) is 2. The van der Waals surface area contributed by atoms with Crippen molar-refractivity contribution in [1.29, 1.82) is 5.41 Å². The number of likely N-dealkylation sites (tertiary alicyclic amines) is 1. The van der Waals surface area contributed by atoms with Crippen molar-refractivity contribution < 1.29 is 0 Å². The number of amidine groups is 1. The summed E-state index contributed by atoms with van der Waals surface area (Å²) in [6.45, 7) is 6.68. The Morgan fingerprint density at radius 2 is 1.89 bits per heavy atom. The molecule has 1 atom stereocenters. The maximum atomic E-state index is 7.62. The van der Waals surface area contributed by atoms with E-state index in [9.17, 15) is 0 Å². The highest BCUT2D eigenvalue weighted by atomic mass is 15.2. The number of rotatable bonds is 6. The maximum Gasteiger partial charge on any atom is 0.0963 e. The molecule has 19 heavy (non-hydrogen) atoms. The Morgan fingerprint density at radius 3 is 2.53 bits per heavy atom. The normalized spacial score (nSPS) is 26.1. The zero-order chi connectivity index (χ0) is 13.9. The van der Waals surface area contributed by atoms with Crippen LogP contribution in [0.2, 0.25) is 0 Å². The number of nitrogens with two attached hydrogens (primary N) is 1. The third kappa shape index (κ3) is 3.71. The summed E-state index contributed by atoms with van der Waals surface area (Å²) in [6.07, 6.45) is 10.8. The van der Waals surface area contributed by atoms with Crippen molar-refractivity contribution in [3.8, 4) is 0 Å². The molecule has 2 rings (SSSR count). The zero-order valence-electron chi connectivity index (χ0n) is 12.8. The Morgan fingerprint density at radius 1 is 1.21 bits per heavy atom. The fourth-order valence-electron chi connectivity index (χ4n) is 3.86. The van der Waals surface area contributed by atoms with E-state index in [4.69, 9.17) is 11.1 Å². The van der Waals surface area contributed by atoms with Gasteiger partial charge in [0.1, 0.15) is 0 Å². The minimum absolute atomic E-state index is 0.122. The van der Waals surface area contributed by atoms with Gasteiger partial charge in [0.25, 0.3) is 0 Å². The van der Waals surface area contributed by atoms with Gasteiger partial charge in [-0.05, 0) is 57.5 Å². The molecule has 0 radical (unpaired) electrons. The van der Waals surface area contributed by atoms with Crippen LogP contribution in [0.5, 0.6) is 0 Å². The van der Waals surface area contributed by atoms with E-state index in [0.29, 0.717) is 5.84 Å². The molecule has 0 bridgehead atoms. The van der Waals surface area contributed by atoms with Crippen molar-refractivity contribution in [1.82, 2.24) is 4.90 Å². The molecule has 1 aliphatic heterocycles. The summed E-state index contributed by atoms with van der Waals surface area (Å²) in [5.41, 5.74) is 5.54. The second-order valence-corrected chi connectivity index (χ2v) is 7.19. The molecule has 0 spiro atoms. The summed E-state index contributed by atoms with van der Waals surface area (Å²) in [7, 11) is 0. The van der Waals surface area contributed by atoms with E-state index in [1.807, 2.05) is 0 Å². The van der Waals surface area contributed by atoms with E-state index >= 15 is 0 Å². The molecular formula is C16H31N3. The lowest BCUT2D eigenvalue weighted by atomic mass is 9.86. The Labute approximate surface area is 118 Å². The molecular weight excluding hydrogens is 234 g/mol. The van der Waals surface area contributed by atoms with Crippen molar-refractivity contribution in [2.75, 3.05) is 13.1 Å². The van der Waals surface area contributed by atoms with Crippen LogP contribution in [0.25, 0.3) is 0 Å². The summed E-state index contributed by atoms with van der Waals surface area (Å²) < 4.78 is 0. The lowest BCUT2D eigenvalue weighted by Gasteiger charge is -2.30. The van der Waals surface area contributed by atoms with Crippen LogP contribution < -0.4 is 5.73 Å². The average molecular weight is 265 g/mol. The van der Waals surface area contributed by atoms with E-state index in [0.717, 1.165) is 18.4 Å². The van der Waals surface area contributed by atoms with E-state index in [1.54, 1.807) is 0 Å². The van der Waals surface area contributed by atoms with Gasteiger partial charge in [-0.2, -0.15) is 0 Å². The predicted molar refractivity (Wildman–Crippen MR) is 81.5 cm³/mol. The SMILES string of the molecule is CC(C)(CCCN1CCCC1C1CCCC1)C(=N)N. The largest absolute Gasteiger partial charge is 0.387 e. The predicted octanol–water partition coefficient (Wildman–Crippen LogP) is 3.38. The molecule has 3 N–H and O–H groups in total. The van der Waals surface area contributed by atoms with Gasteiger partial charge in [0.15, 0.2) is 0 Å². The molecule has 1 saturated heterocycles. The van der Waals surface area contributed by atoms with Gasteiger partial charge in [0, 0.05) is 11.5 Å².